The number of thiophene rings is 1. The van der Waals surface area contributed by atoms with E-state index in [4.69, 9.17) is 4.74 Å². The van der Waals surface area contributed by atoms with Crippen LogP contribution in [0.25, 0.3) is 0 Å². The van der Waals surface area contributed by atoms with Gasteiger partial charge in [-0.2, -0.15) is 0 Å². The van der Waals surface area contributed by atoms with Crippen LogP contribution < -0.4 is 4.74 Å². The number of ketones is 1. The van der Waals surface area contributed by atoms with E-state index in [0.717, 1.165) is 15.4 Å². The zero-order valence-electron chi connectivity index (χ0n) is 16.7. The summed E-state index contributed by atoms with van der Waals surface area (Å²) in [5, 5.41) is 13.4. The topological polar surface area (TPSA) is 79.7 Å². The third-order valence-corrected chi connectivity index (χ3v) is 6.98. The van der Waals surface area contributed by atoms with Gasteiger partial charge >= 0.3 is 0 Å². The minimum absolute atomic E-state index is 0.114. The summed E-state index contributed by atoms with van der Waals surface area (Å²) >= 11 is 2.72. The van der Waals surface area contributed by atoms with Crippen LogP contribution in [-0.2, 0) is 11.3 Å². The number of aryl methyl sites for hydroxylation is 2. The summed E-state index contributed by atoms with van der Waals surface area (Å²) in [6, 6.07) is 10.5. The maximum Gasteiger partial charge on any atom is 0.290 e. The van der Waals surface area contributed by atoms with Crippen molar-refractivity contribution in [3.05, 3.63) is 79.1 Å². The highest BCUT2D eigenvalue weighted by Gasteiger charge is 2.44. The highest BCUT2D eigenvalue weighted by molar-refractivity contribution is 7.14. The molecule has 1 atom stereocenters. The number of ether oxygens (including phenoxy) is 1. The summed E-state index contributed by atoms with van der Waals surface area (Å²) in [5.74, 6) is -0.669. The van der Waals surface area contributed by atoms with Crippen molar-refractivity contribution in [3.63, 3.8) is 0 Å². The van der Waals surface area contributed by atoms with E-state index in [1.807, 2.05) is 48.7 Å². The Bertz CT molecular complexity index is 1130. The largest absolute Gasteiger partial charge is 0.503 e. The second-order valence-corrected chi connectivity index (χ2v) is 9.12. The van der Waals surface area contributed by atoms with Gasteiger partial charge in [-0.3, -0.25) is 9.59 Å². The fraction of sp³-hybridized carbons (Fsp3) is 0.227. The van der Waals surface area contributed by atoms with Crippen LogP contribution >= 0.6 is 22.7 Å². The van der Waals surface area contributed by atoms with Crippen LogP contribution in [0.1, 0.15) is 36.9 Å². The molecule has 4 rings (SSSR count). The lowest BCUT2D eigenvalue weighted by molar-refractivity contribution is -0.130. The number of Topliss-reactive ketones (excluding diaryl/α,β-unsaturated/α-hetero) is 1. The molecule has 0 fully saturated rings. The zero-order chi connectivity index (χ0) is 21.4. The maximum absolute atomic E-state index is 13.4. The second kappa shape index (κ2) is 8.04. The number of thiazole rings is 1. The molecule has 154 valence electrons. The van der Waals surface area contributed by atoms with Crippen molar-refractivity contribution < 1.29 is 19.4 Å². The van der Waals surface area contributed by atoms with Gasteiger partial charge in [0, 0.05) is 11.4 Å². The smallest absolute Gasteiger partial charge is 0.290 e. The second-order valence-electron chi connectivity index (χ2n) is 6.94. The predicted molar refractivity (Wildman–Crippen MR) is 116 cm³/mol. The van der Waals surface area contributed by atoms with Gasteiger partial charge in [-0.25, -0.2) is 4.98 Å². The van der Waals surface area contributed by atoms with E-state index in [0.29, 0.717) is 16.3 Å². The van der Waals surface area contributed by atoms with E-state index < -0.39 is 17.7 Å². The summed E-state index contributed by atoms with van der Waals surface area (Å²) in [5.41, 5.74) is 1.59. The first-order valence-corrected chi connectivity index (χ1v) is 11.0. The van der Waals surface area contributed by atoms with Gasteiger partial charge in [-0.05, 0) is 43.0 Å². The SMILES string of the molecule is COc1ccc(CN2C(=O)C(O)=C(C(=O)c3sc(C)nc3C)C2c2cccs2)cc1. The van der Waals surface area contributed by atoms with E-state index in [-0.39, 0.29) is 17.9 Å². The summed E-state index contributed by atoms with van der Waals surface area (Å²) in [6.07, 6.45) is 0. The fourth-order valence-corrected chi connectivity index (χ4v) is 5.30. The number of carbonyl (C=O) groups excluding carboxylic acids is 2. The number of amides is 1. The van der Waals surface area contributed by atoms with Crippen molar-refractivity contribution in [2.75, 3.05) is 7.11 Å². The number of aliphatic hydroxyl groups excluding tert-OH is 1. The van der Waals surface area contributed by atoms with Crippen LogP contribution in [0.3, 0.4) is 0 Å². The van der Waals surface area contributed by atoms with Crippen LogP contribution in [0, 0.1) is 13.8 Å². The molecule has 1 aliphatic rings. The number of carbonyl (C=O) groups is 2. The minimum atomic E-state index is -0.645. The molecule has 6 nitrogen and oxygen atoms in total. The number of aliphatic hydroxyl groups is 1. The Kier molecular flexibility index (Phi) is 5.44. The van der Waals surface area contributed by atoms with Gasteiger partial charge in [0.2, 0.25) is 5.78 Å². The number of methoxy groups -OCH3 is 1. The molecule has 0 saturated heterocycles. The van der Waals surface area contributed by atoms with Crippen molar-refractivity contribution in [2.45, 2.75) is 26.4 Å². The molecule has 1 aromatic carbocycles. The summed E-state index contributed by atoms with van der Waals surface area (Å²) in [4.78, 5) is 33.5. The average Bonchev–Trinajstić information content (AvgIpc) is 3.43. The molecule has 0 saturated carbocycles. The standard InChI is InChI=1S/C22H20N2O4S2/c1-12-21(30-13(2)23-12)19(25)17-18(16-5-4-10-29-16)24(22(27)20(17)26)11-14-6-8-15(28-3)9-7-14/h4-10,18,26H,11H2,1-3H3. The molecule has 2 aromatic heterocycles. The molecule has 1 aliphatic heterocycles. The first kappa shape index (κ1) is 20.3. The highest BCUT2D eigenvalue weighted by atomic mass is 32.1. The van der Waals surface area contributed by atoms with Gasteiger partial charge in [-0.15, -0.1) is 22.7 Å². The van der Waals surface area contributed by atoms with Crippen molar-refractivity contribution in [1.82, 2.24) is 9.88 Å². The molecule has 30 heavy (non-hydrogen) atoms. The van der Waals surface area contributed by atoms with E-state index in [1.165, 1.54) is 22.7 Å². The van der Waals surface area contributed by atoms with Crippen molar-refractivity contribution in [2.24, 2.45) is 0 Å². The fourth-order valence-electron chi connectivity index (χ4n) is 3.58. The molecule has 0 spiro atoms. The van der Waals surface area contributed by atoms with Crippen LogP contribution in [0.2, 0.25) is 0 Å². The van der Waals surface area contributed by atoms with Crippen LogP contribution in [-0.4, -0.2) is 33.8 Å². The normalized spacial score (nSPS) is 16.4. The lowest BCUT2D eigenvalue weighted by Crippen LogP contribution is -2.30. The number of benzene rings is 1. The molecule has 0 radical (unpaired) electrons. The maximum atomic E-state index is 13.4. The number of rotatable bonds is 6. The number of aromatic nitrogens is 1. The molecule has 0 bridgehead atoms. The quantitative estimate of drug-likeness (QED) is 0.566. The minimum Gasteiger partial charge on any atom is -0.503 e. The van der Waals surface area contributed by atoms with E-state index in [1.54, 1.807) is 18.9 Å². The number of hydrogen-bond donors (Lipinski definition) is 1. The molecule has 3 aromatic rings. The Balaban J connectivity index is 1.74. The van der Waals surface area contributed by atoms with Gasteiger partial charge < -0.3 is 14.7 Å². The Labute approximate surface area is 182 Å². The lowest BCUT2D eigenvalue weighted by atomic mass is 10.00. The van der Waals surface area contributed by atoms with E-state index >= 15 is 0 Å². The highest BCUT2D eigenvalue weighted by Crippen LogP contribution is 2.42. The summed E-state index contributed by atoms with van der Waals surface area (Å²) in [7, 11) is 1.59. The van der Waals surface area contributed by atoms with Gasteiger partial charge in [0.25, 0.3) is 5.91 Å². The van der Waals surface area contributed by atoms with E-state index in [2.05, 4.69) is 4.98 Å². The van der Waals surface area contributed by atoms with Gasteiger partial charge in [0.1, 0.15) is 11.8 Å². The van der Waals surface area contributed by atoms with Crippen LogP contribution in [0.5, 0.6) is 5.75 Å². The van der Waals surface area contributed by atoms with E-state index in [9.17, 15) is 14.7 Å². The number of hydrogen-bond acceptors (Lipinski definition) is 7. The molecule has 3 heterocycles. The Hall–Kier alpha value is -2.97. The summed E-state index contributed by atoms with van der Waals surface area (Å²) < 4.78 is 5.19. The number of nitrogens with zero attached hydrogens (tertiary/aromatic N) is 2. The first-order chi connectivity index (χ1) is 14.4. The Morgan fingerprint density at radius 1 is 1.23 bits per heavy atom. The monoisotopic (exact) mass is 440 g/mol. The average molecular weight is 441 g/mol. The van der Waals surface area contributed by atoms with Crippen molar-refractivity contribution in [1.29, 1.82) is 0 Å². The Morgan fingerprint density at radius 2 is 1.97 bits per heavy atom. The van der Waals surface area contributed by atoms with Gasteiger partial charge in [0.15, 0.2) is 5.76 Å². The lowest BCUT2D eigenvalue weighted by Gasteiger charge is -2.25. The van der Waals surface area contributed by atoms with Gasteiger partial charge in [0.05, 0.1) is 28.3 Å². The molecule has 1 amide bonds. The molecule has 8 heteroatoms. The zero-order valence-corrected chi connectivity index (χ0v) is 18.3. The summed E-state index contributed by atoms with van der Waals surface area (Å²) in [6.45, 7) is 3.85. The third-order valence-electron chi connectivity index (χ3n) is 4.98. The molecule has 0 aliphatic carbocycles. The van der Waals surface area contributed by atoms with Crippen LogP contribution in [0.15, 0.2) is 53.1 Å². The van der Waals surface area contributed by atoms with Crippen molar-refractivity contribution >= 4 is 34.4 Å². The molecular formula is C22H20N2O4S2. The molecular weight excluding hydrogens is 420 g/mol. The first-order valence-electron chi connectivity index (χ1n) is 9.30. The van der Waals surface area contributed by atoms with Crippen LogP contribution in [0.4, 0.5) is 0 Å². The van der Waals surface area contributed by atoms with Crippen molar-refractivity contribution in [3.8, 4) is 5.75 Å². The molecule has 1 N–H and O–H groups in total. The predicted octanol–water partition coefficient (Wildman–Crippen LogP) is 4.61. The molecule has 1 unspecified atom stereocenters. The van der Waals surface area contributed by atoms with Gasteiger partial charge in [-0.1, -0.05) is 18.2 Å². The Morgan fingerprint density at radius 3 is 2.53 bits per heavy atom. The third kappa shape index (κ3) is 3.53.